The molecule has 0 heterocycles. The lowest BCUT2D eigenvalue weighted by Gasteiger charge is -2.15. The van der Waals surface area contributed by atoms with Gasteiger partial charge in [0.2, 0.25) is 0 Å². The van der Waals surface area contributed by atoms with Crippen LogP contribution in [0, 0.1) is 0 Å². The first kappa shape index (κ1) is 23.9. The minimum atomic E-state index is 0. The van der Waals surface area contributed by atoms with Gasteiger partial charge in [0.05, 0.1) is 20.8 Å². The highest BCUT2D eigenvalue weighted by Gasteiger charge is 2.07. The van der Waals surface area contributed by atoms with Crippen molar-refractivity contribution in [1.82, 2.24) is 10.6 Å². The molecule has 0 unspecified atom stereocenters. The molecular formula is C21H30IN3O3. The number of benzene rings is 2. The number of hydrogen-bond donors (Lipinski definition) is 2. The van der Waals surface area contributed by atoms with Gasteiger partial charge in [0.1, 0.15) is 17.2 Å². The fourth-order valence-electron chi connectivity index (χ4n) is 2.72. The van der Waals surface area contributed by atoms with Crippen LogP contribution in [0.2, 0.25) is 0 Å². The quantitative estimate of drug-likeness (QED) is 0.314. The second-order valence-corrected chi connectivity index (χ2v) is 5.82. The van der Waals surface area contributed by atoms with Gasteiger partial charge >= 0.3 is 0 Å². The van der Waals surface area contributed by atoms with Crippen LogP contribution < -0.4 is 24.8 Å². The van der Waals surface area contributed by atoms with E-state index in [1.807, 2.05) is 43.3 Å². The zero-order valence-electron chi connectivity index (χ0n) is 17.0. The summed E-state index contributed by atoms with van der Waals surface area (Å²) in [6, 6.07) is 13.9. The van der Waals surface area contributed by atoms with E-state index in [0.29, 0.717) is 13.2 Å². The van der Waals surface area contributed by atoms with Crippen molar-refractivity contribution >= 4 is 29.9 Å². The summed E-state index contributed by atoms with van der Waals surface area (Å²) in [5, 5.41) is 6.65. The zero-order valence-corrected chi connectivity index (χ0v) is 19.3. The van der Waals surface area contributed by atoms with Gasteiger partial charge in [0.25, 0.3) is 0 Å². The molecule has 28 heavy (non-hydrogen) atoms. The van der Waals surface area contributed by atoms with Gasteiger partial charge in [-0.1, -0.05) is 18.2 Å². The van der Waals surface area contributed by atoms with Gasteiger partial charge in [-0.2, -0.15) is 0 Å². The third-order valence-electron chi connectivity index (χ3n) is 4.12. The lowest BCUT2D eigenvalue weighted by molar-refractivity contribution is 0.336. The zero-order chi connectivity index (χ0) is 19.5. The van der Waals surface area contributed by atoms with Crippen molar-refractivity contribution in [3.63, 3.8) is 0 Å². The molecule has 0 atom stereocenters. The van der Waals surface area contributed by atoms with Gasteiger partial charge in [-0.25, -0.2) is 0 Å². The Kier molecular flexibility index (Phi) is 11.2. The number of hydrogen-bond acceptors (Lipinski definition) is 4. The van der Waals surface area contributed by atoms with E-state index in [9.17, 15) is 0 Å². The number of nitrogens with one attached hydrogen (secondary N) is 2. The Morgan fingerprint density at radius 2 is 1.75 bits per heavy atom. The molecule has 154 valence electrons. The molecule has 2 rings (SSSR count). The van der Waals surface area contributed by atoms with E-state index in [2.05, 4.69) is 21.7 Å². The van der Waals surface area contributed by atoms with Gasteiger partial charge in [0.15, 0.2) is 5.96 Å². The first-order valence-electron chi connectivity index (χ1n) is 9.08. The second-order valence-electron chi connectivity index (χ2n) is 5.82. The average molecular weight is 499 g/mol. The molecule has 0 aromatic heterocycles. The summed E-state index contributed by atoms with van der Waals surface area (Å²) in [6.45, 7) is 4.01. The van der Waals surface area contributed by atoms with Crippen molar-refractivity contribution in [1.29, 1.82) is 0 Å². The van der Waals surface area contributed by atoms with E-state index in [1.165, 1.54) is 5.56 Å². The molecule has 0 fully saturated rings. The van der Waals surface area contributed by atoms with E-state index >= 15 is 0 Å². The summed E-state index contributed by atoms with van der Waals surface area (Å²) in [4.78, 5) is 4.28. The Balaban J connectivity index is 0.00000392. The number of aliphatic imine (C=N–C) groups is 1. The summed E-state index contributed by atoms with van der Waals surface area (Å²) in [7, 11) is 5.05. The monoisotopic (exact) mass is 499 g/mol. The molecule has 2 aromatic carbocycles. The molecule has 2 N–H and O–H groups in total. The third-order valence-corrected chi connectivity index (χ3v) is 4.12. The maximum absolute atomic E-state index is 5.67. The van der Waals surface area contributed by atoms with E-state index in [0.717, 1.165) is 41.7 Å². The molecule has 0 saturated heterocycles. The Morgan fingerprint density at radius 3 is 2.43 bits per heavy atom. The molecule has 0 spiro atoms. The van der Waals surface area contributed by atoms with E-state index in [1.54, 1.807) is 21.3 Å². The molecule has 0 amide bonds. The number of para-hydroxylation sites is 1. The Morgan fingerprint density at radius 1 is 0.964 bits per heavy atom. The first-order chi connectivity index (χ1) is 13.2. The molecule has 6 nitrogen and oxygen atoms in total. The van der Waals surface area contributed by atoms with Crippen molar-refractivity contribution in [2.75, 3.05) is 34.4 Å². The highest BCUT2D eigenvalue weighted by atomic mass is 127. The van der Waals surface area contributed by atoms with Crippen molar-refractivity contribution in [2.24, 2.45) is 4.99 Å². The van der Waals surface area contributed by atoms with Crippen molar-refractivity contribution in [2.45, 2.75) is 19.9 Å². The number of halogens is 1. The molecule has 0 aliphatic rings. The summed E-state index contributed by atoms with van der Waals surface area (Å²) in [6.07, 6.45) is 0.850. The summed E-state index contributed by atoms with van der Waals surface area (Å²) in [5.74, 6) is 3.23. The molecule has 2 aromatic rings. The largest absolute Gasteiger partial charge is 0.497 e. The molecule has 0 saturated carbocycles. The highest BCUT2D eigenvalue weighted by molar-refractivity contribution is 14.0. The Bertz CT molecular complexity index is 753. The smallest absolute Gasteiger partial charge is 0.191 e. The standard InChI is InChI=1S/C21H29N3O3.HI/c1-5-27-19-9-7-6-8-16(19)12-13-23-21(22-2)24-15-17-10-11-18(25-3)14-20(17)26-4;/h6-11,14H,5,12-13,15H2,1-4H3,(H2,22,23,24);1H. The predicted molar refractivity (Wildman–Crippen MR) is 124 cm³/mol. The van der Waals surface area contributed by atoms with E-state index < -0.39 is 0 Å². The fourth-order valence-corrected chi connectivity index (χ4v) is 2.72. The number of nitrogens with zero attached hydrogens (tertiary/aromatic N) is 1. The lowest BCUT2D eigenvalue weighted by atomic mass is 10.1. The van der Waals surface area contributed by atoms with Crippen molar-refractivity contribution in [3.8, 4) is 17.2 Å². The maximum Gasteiger partial charge on any atom is 0.191 e. The fraction of sp³-hybridized carbons (Fsp3) is 0.381. The Labute approximate surface area is 184 Å². The summed E-state index contributed by atoms with van der Waals surface area (Å²) < 4.78 is 16.3. The Hall–Kier alpha value is -2.16. The van der Waals surface area contributed by atoms with Crippen molar-refractivity contribution in [3.05, 3.63) is 53.6 Å². The first-order valence-corrected chi connectivity index (χ1v) is 9.08. The maximum atomic E-state index is 5.67. The molecule has 0 aliphatic heterocycles. The van der Waals surface area contributed by atoms with Crippen LogP contribution in [0.3, 0.4) is 0 Å². The minimum absolute atomic E-state index is 0. The van der Waals surface area contributed by atoms with Crippen LogP contribution >= 0.6 is 24.0 Å². The SMILES string of the molecule is CCOc1ccccc1CCNC(=NC)NCc1ccc(OC)cc1OC.I. The molecule has 0 aliphatic carbocycles. The number of rotatable bonds is 9. The third kappa shape index (κ3) is 7.10. The number of methoxy groups -OCH3 is 2. The van der Waals surface area contributed by atoms with Crippen LogP contribution in [0.5, 0.6) is 17.2 Å². The van der Waals surface area contributed by atoms with Crippen LogP contribution in [0.15, 0.2) is 47.5 Å². The number of ether oxygens (including phenoxy) is 3. The van der Waals surface area contributed by atoms with E-state index in [-0.39, 0.29) is 24.0 Å². The topological polar surface area (TPSA) is 64.1 Å². The minimum Gasteiger partial charge on any atom is -0.497 e. The van der Waals surface area contributed by atoms with Gasteiger partial charge in [-0.3, -0.25) is 4.99 Å². The molecular weight excluding hydrogens is 469 g/mol. The number of guanidine groups is 1. The van der Waals surface area contributed by atoms with Gasteiger partial charge < -0.3 is 24.8 Å². The average Bonchev–Trinajstić information content (AvgIpc) is 2.71. The highest BCUT2D eigenvalue weighted by Crippen LogP contribution is 2.24. The lowest BCUT2D eigenvalue weighted by Crippen LogP contribution is -2.37. The van der Waals surface area contributed by atoms with Crippen LogP contribution in [-0.4, -0.2) is 40.4 Å². The van der Waals surface area contributed by atoms with Crippen LogP contribution in [0.1, 0.15) is 18.1 Å². The van der Waals surface area contributed by atoms with Gasteiger partial charge in [-0.05, 0) is 37.1 Å². The van der Waals surface area contributed by atoms with Gasteiger partial charge in [0, 0.05) is 31.8 Å². The van der Waals surface area contributed by atoms with Crippen LogP contribution in [0.25, 0.3) is 0 Å². The van der Waals surface area contributed by atoms with Crippen molar-refractivity contribution < 1.29 is 14.2 Å². The summed E-state index contributed by atoms with van der Waals surface area (Å²) >= 11 is 0. The normalized spacial score (nSPS) is 10.6. The summed E-state index contributed by atoms with van der Waals surface area (Å²) in [5.41, 5.74) is 2.21. The van der Waals surface area contributed by atoms with Crippen LogP contribution in [-0.2, 0) is 13.0 Å². The van der Waals surface area contributed by atoms with E-state index in [4.69, 9.17) is 14.2 Å². The van der Waals surface area contributed by atoms with Crippen LogP contribution in [0.4, 0.5) is 0 Å². The molecule has 0 radical (unpaired) electrons. The van der Waals surface area contributed by atoms with Gasteiger partial charge in [-0.15, -0.1) is 24.0 Å². The molecule has 7 heteroatoms. The predicted octanol–water partition coefficient (Wildman–Crippen LogP) is 3.63. The molecule has 0 bridgehead atoms. The second kappa shape index (κ2) is 13.1.